The first-order valence-corrected chi connectivity index (χ1v) is 9.50. The average Bonchev–Trinajstić information content (AvgIpc) is 2.92. The molecule has 7 heteroatoms. The number of benzene rings is 1. The summed E-state index contributed by atoms with van der Waals surface area (Å²) >= 11 is 7.50. The third-order valence-electron chi connectivity index (χ3n) is 3.32. The summed E-state index contributed by atoms with van der Waals surface area (Å²) < 4.78 is 27.2. The molecule has 120 valence electrons. The minimum absolute atomic E-state index is 0.0723. The Morgan fingerprint density at radius 2 is 2.09 bits per heavy atom. The van der Waals surface area contributed by atoms with Crippen LogP contribution in [0.5, 0.6) is 0 Å². The second kappa shape index (κ2) is 6.68. The quantitative estimate of drug-likeness (QED) is 0.833. The van der Waals surface area contributed by atoms with Crippen molar-refractivity contribution < 1.29 is 13.5 Å². The van der Waals surface area contributed by atoms with Crippen molar-refractivity contribution in [2.45, 2.75) is 30.8 Å². The first-order chi connectivity index (χ1) is 10.2. The molecule has 2 aromatic rings. The molecule has 0 saturated heterocycles. The maximum absolute atomic E-state index is 12.4. The number of nitrogens with one attached hydrogen (secondary N) is 1. The van der Waals surface area contributed by atoms with E-state index in [9.17, 15) is 13.5 Å². The van der Waals surface area contributed by atoms with Crippen molar-refractivity contribution in [2.75, 3.05) is 6.54 Å². The van der Waals surface area contributed by atoms with Crippen LogP contribution in [0.3, 0.4) is 0 Å². The van der Waals surface area contributed by atoms with Gasteiger partial charge in [0.15, 0.2) is 0 Å². The number of thiophene rings is 1. The monoisotopic (exact) mass is 359 g/mol. The highest BCUT2D eigenvalue weighted by Gasteiger charge is 2.26. The van der Waals surface area contributed by atoms with Crippen molar-refractivity contribution in [1.82, 2.24) is 4.72 Å². The van der Waals surface area contributed by atoms with Gasteiger partial charge in [0, 0.05) is 18.0 Å². The highest BCUT2D eigenvalue weighted by Crippen LogP contribution is 2.23. The topological polar surface area (TPSA) is 66.4 Å². The van der Waals surface area contributed by atoms with E-state index in [1.165, 1.54) is 17.4 Å². The molecule has 0 amide bonds. The Morgan fingerprint density at radius 1 is 1.36 bits per heavy atom. The van der Waals surface area contributed by atoms with Gasteiger partial charge in [-0.25, -0.2) is 13.1 Å². The lowest BCUT2D eigenvalue weighted by molar-refractivity contribution is 0.0658. The number of hydrogen-bond acceptors (Lipinski definition) is 4. The van der Waals surface area contributed by atoms with Gasteiger partial charge in [0.05, 0.1) is 10.5 Å². The van der Waals surface area contributed by atoms with Crippen LogP contribution in [-0.4, -0.2) is 25.7 Å². The molecule has 1 aromatic carbocycles. The molecule has 0 bridgehead atoms. The first-order valence-electron chi connectivity index (χ1n) is 6.69. The molecule has 1 atom stereocenters. The van der Waals surface area contributed by atoms with Gasteiger partial charge in [0.25, 0.3) is 0 Å². The fourth-order valence-electron chi connectivity index (χ4n) is 2.10. The van der Waals surface area contributed by atoms with Crippen LogP contribution in [0.25, 0.3) is 0 Å². The van der Waals surface area contributed by atoms with E-state index in [1.807, 2.05) is 16.8 Å². The minimum atomic E-state index is -3.72. The van der Waals surface area contributed by atoms with E-state index in [2.05, 4.69) is 4.72 Å². The third kappa shape index (κ3) is 4.30. The van der Waals surface area contributed by atoms with Crippen LogP contribution in [0.1, 0.15) is 18.1 Å². The van der Waals surface area contributed by atoms with E-state index in [-0.39, 0.29) is 11.4 Å². The van der Waals surface area contributed by atoms with Crippen LogP contribution >= 0.6 is 22.9 Å². The van der Waals surface area contributed by atoms with Crippen LogP contribution in [-0.2, 0) is 16.4 Å². The van der Waals surface area contributed by atoms with Gasteiger partial charge in [-0.15, -0.1) is 0 Å². The van der Waals surface area contributed by atoms with Gasteiger partial charge < -0.3 is 5.11 Å². The zero-order valence-corrected chi connectivity index (χ0v) is 14.7. The van der Waals surface area contributed by atoms with Gasteiger partial charge in [0.1, 0.15) is 0 Å². The van der Waals surface area contributed by atoms with E-state index in [0.717, 1.165) is 5.56 Å². The fourth-order valence-corrected chi connectivity index (χ4v) is 4.43. The Morgan fingerprint density at radius 3 is 2.73 bits per heavy atom. The Labute approximate surface area is 139 Å². The van der Waals surface area contributed by atoms with E-state index < -0.39 is 15.6 Å². The number of hydrogen-bond donors (Lipinski definition) is 2. The zero-order valence-electron chi connectivity index (χ0n) is 12.3. The predicted molar refractivity (Wildman–Crippen MR) is 90.0 cm³/mol. The van der Waals surface area contributed by atoms with Crippen LogP contribution in [0.4, 0.5) is 0 Å². The highest BCUT2D eigenvalue weighted by molar-refractivity contribution is 7.89. The summed E-state index contributed by atoms with van der Waals surface area (Å²) in [7, 11) is -3.72. The summed E-state index contributed by atoms with van der Waals surface area (Å²) in [5, 5.41) is 14.6. The van der Waals surface area contributed by atoms with Gasteiger partial charge >= 0.3 is 0 Å². The van der Waals surface area contributed by atoms with Crippen molar-refractivity contribution in [3.63, 3.8) is 0 Å². The van der Waals surface area contributed by atoms with Crippen LogP contribution in [0.15, 0.2) is 39.9 Å². The number of halogens is 1. The summed E-state index contributed by atoms with van der Waals surface area (Å²) in [5.74, 6) is 0. The minimum Gasteiger partial charge on any atom is -0.388 e. The molecular formula is C15H18ClNO3S2. The van der Waals surface area contributed by atoms with Gasteiger partial charge in [0.2, 0.25) is 10.0 Å². The van der Waals surface area contributed by atoms with Crippen molar-refractivity contribution in [2.24, 2.45) is 0 Å². The molecule has 1 aromatic heterocycles. The zero-order chi connectivity index (χ0) is 16.4. The van der Waals surface area contributed by atoms with E-state index in [4.69, 9.17) is 11.6 Å². The molecule has 0 aliphatic rings. The molecule has 0 aliphatic heterocycles. The number of aliphatic hydroxyl groups is 1. The second-order valence-corrected chi connectivity index (χ2v) is 8.42. The van der Waals surface area contributed by atoms with Crippen LogP contribution in [0.2, 0.25) is 5.02 Å². The lowest BCUT2D eigenvalue weighted by atomic mass is 9.99. The second-order valence-electron chi connectivity index (χ2n) is 5.49. The SMILES string of the molecule is Cc1c(Cl)cccc1S(=O)(=O)NCC(C)(O)Cc1ccsc1. The molecule has 0 aliphatic carbocycles. The Balaban J connectivity index is 2.10. The molecule has 2 N–H and O–H groups in total. The molecule has 2 rings (SSSR count). The summed E-state index contributed by atoms with van der Waals surface area (Å²) in [6, 6.07) is 6.64. The fraction of sp³-hybridized carbons (Fsp3) is 0.333. The molecule has 1 unspecified atom stereocenters. The summed E-state index contributed by atoms with van der Waals surface area (Å²) in [6.45, 7) is 3.19. The van der Waals surface area contributed by atoms with Crippen molar-refractivity contribution >= 4 is 33.0 Å². The van der Waals surface area contributed by atoms with Gasteiger partial charge in [-0.05, 0) is 53.9 Å². The summed E-state index contributed by atoms with van der Waals surface area (Å²) in [6.07, 6.45) is 0.382. The van der Waals surface area contributed by atoms with E-state index in [0.29, 0.717) is 17.0 Å². The van der Waals surface area contributed by atoms with Crippen LogP contribution in [0, 0.1) is 6.92 Å². The van der Waals surface area contributed by atoms with Crippen molar-refractivity contribution in [1.29, 1.82) is 0 Å². The summed E-state index contributed by atoms with van der Waals surface area (Å²) in [5.41, 5.74) is 0.308. The number of rotatable bonds is 6. The van der Waals surface area contributed by atoms with E-state index >= 15 is 0 Å². The average molecular weight is 360 g/mol. The van der Waals surface area contributed by atoms with E-state index in [1.54, 1.807) is 26.0 Å². The molecule has 1 heterocycles. The predicted octanol–water partition coefficient (Wildman–Crippen LogP) is 2.98. The number of sulfonamides is 1. The van der Waals surface area contributed by atoms with Gasteiger partial charge in [-0.3, -0.25) is 0 Å². The lowest BCUT2D eigenvalue weighted by Crippen LogP contribution is -2.42. The molecule has 0 saturated carbocycles. The molecule has 0 fully saturated rings. The van der Waals surface area contributed by atoms with Crippen molar-refractivity contribution in [3.05, 3.63) is 51.2 Å². The molecular weight excluding hydrogens is 342 g/mol. The highest BCUT2D eigenvalue weighted by atomic mass is 35.5. The molecule has 0 spiro atoms. The maximum Gasteiger partial charge on any atom is 0.240 e. The van der Waals surface area contributed by atoms with Crippen LogP contribution < -0.4 is 4.72 Å². The van der Waals surface area contributed by atoms with Gasteiger partial charge in [-0.1, -0.05) is 17.7 Å². The largest absolute Gasteiger partial charge is 0.388 e. The standard InChI is InChI=1S/C15H18ClNO3S2/c1-11-13(16)4-3-5-14(11)22(19,20)17-10-15(2,18)8-12-6-7-21-9-12/h3-7,9,17-18H,8,10H2,1-2H3. The Bertz CT molecular complexity index is 740. The normalized spacial score (nSPS) is 14.7. The smallest absolute Gasteiger partial charge is 0.240 e. The Hall–Kier alpha value is -0.920. The first kappa shape index (κ1) is 17.4. The molecule has 4 nitrogen and oxygen atoms in total. The molecule has 0 radical (unpaired) electrons. The van der Waals surface area contributed by atoms with Crippen molar-refractivity contribution in [3.8, 4) is 0 Å². The third-order valence-corrected chi connectivity index (χ3v) is 6.00. The Kier molecular flexibility index (Phi) is 5.29. The van der Waals surface area contributed by atoms with Gasteiger partial charge in [-0.2, -0.15) is 11.3 Å². The molecule has 22 heavy (non-hydrogen) atoms. The maximum atomic E-state index is 12.4. The lowest BCUT2D eigenvalue weighted by Gasteiger charge is -2.23. The summed E-state index contributed by atoms with van der Waals surface area (Å²) in [4.78, 5) is 0.131.